The number of nitrogens with one attached hydrogen (secondary N) is 1. The molecule has 0 spiro atoms. The van der Waals surface area contributed by atoms with E-state index in [9.17, 15) is 4.79 Å². The first-order valence-electron chi connectivity index (χ1n) is 7.30. The molecule has 1 amide bonds. The lowest BCUT2D eigenvalue weighted by atomic mass is 10.3. The van der Waals surface area contributed by atoms with Crippen molar-refractivity contribution in [3.8, 4) is 5.75 Å². The lowest BCUT2D eigenvalue weighted by Gasteiger charge is -2.16. The van der Waals surface area contributed by atoms with E-state index in [2.05, 4.69) is 20.2 Å². The van der Waals surface area contributed by atoms with Crippen LogP contribution in [0.25, 0.3) is 0 Å². The summed E-state index contributed by atoms with van der Waals surface area (Å²) in [5, 5.41) is 5.96. The van der Waals surface area contributed by atoms with E-state index in [1.807, 2.05) is 17.5 Å². The summed E-state index contributed by atoms with van der Waals surface area (Å²) in [6.07, 6.45) is 4.57. The van der Waals surface area contributed by atoms with Gasteiger partial charge in [-0.25, -0.2) is 0 Å². The Morgan fingerprint density at radius 1 is 1.50 bits per heavy atom. The van der Waals surface area contributed by atoms with Crippen LogP contribution in [0.1, 0.15) is 12.8 Å². The topological polar surface area (TPSA) is 66.8 Å². The van der Waals surface area contributed by atoms with Crippen molar-refractivity contribution in [2.75, 3.05) is 26.2 Å². The molecule has 0 saturated carbocycles. The van der Waals surface area contributed by atoms with Crippen molar-refractivity contribution in [3.05, 3.63) is 35.6 Å². The number of pyridine rings is 1. The fourth-order valence-electron chi connectivity index (χ4n) is 2.26. The van der Waals surface area contributed by atoms with E-state index in [-0.39, 0.29) is 5.91 Å². The number of aliphatic imine (C=N–C) groups is 1. The Hall–Kier alpha value is -2.02. The first-order chi connectivity index (χ1) is 10.8. The van der Waals surface area contributed by atoms with Gasteiger partial charge in [-0.2, -0.15) is 0 Å². The van der Waals surface area contributed by atoms with Gasteiger partial charge < -0.3 is 15.0 Å². The minimum absolute atomic E-state index is 0.0429. The van der Waals surface area contributed by atoms with E-state index in [1.165, 1.54) is 0 Å². The normalized spacial score (nSPS) is 16.1. The van der Waals surface area contributed by atoms with Crippen molar-refractivity contribution < 1.29 is 9.53 Å². The Morgan fingerprint density at radius 2 is 2.45 bits per heavy atom. The van der Waals surface area contributed by atoms with Gasteiger partial charge >= 0.3 is 0 Å². The summed E-state index contributed by atoms with van der Waals surface area (Å²) in [5.74, 6) is 0.796. The van der Waals surface area contributed by atoms with Gasteiger partial charge in [0.25, 0.3) is 0 Å². The predicted octanol–water partition coefficient (Wildman–Crippen LogP) is 1.62. The number of ether oxygens (including phenoxy) is 1. The fourth-order valence-corrected chi connectivity index (χ4v) is 3.22. The molecule has 2 aliphatic heterocycles. The molecular formula is C15H18N4O2S. The fraction of sp³-hybridized carbons (Fsp3) is 0.400. The van der Waals surface area contributed by atoms with E-state index >= 15 is 0 Å². The molecule has 2 aliphatic rings. The molecule has 0 atom stereocenters. The molecule has 22 heavy (non-hydrogen) atoms. The average Bonchev–Trinajstić information content (AvgIpc) is 3.13. The van der Waals surface area contributed by atoms with Crippen LogP contribution < -0.4 is 10.1 Å². The van der Waals surface area contributed by atoms with Gasteiger partial charge in [0.1, 0.15) is 5.75 Å². The minimum atomic E-state index is 0.0429. The van der Waals surface area contributed by atoms with Crippen LogP contribution in [0, 0.1) is 0 Å². The maximum absolute atomic E-state index is 11.9. The number of hydrogen-bond donors (Lipinski definition) is 1. The Balaban J connectivity index is 1.31. The van der Waals surface area contributed by atoms with Gasteiger partial charge in [0.05, 0.1) is 25.8 Å². The van der Waals surface area contributed by atoms with Gasteiger partial charge in [-0.05, 0) is 24.0 Å². The Morgan fingerprint density at radius 3 is 3.32 bits per heavy atom. The number of hydrogen-bond acceptors (Lipinski definition) is 6. The Kier molecular flexibility index (Phi) is 4.95. The number of nitrogens with zero attached hydrogens (tertiary/aromatic N) is 3. The maximum atomic E-state index is 11.9. The lowest BCUT2D eigenvalue weighted by Crippen LogP contribution is -2.29. The van der Waals surface area contributed by atoms with Crippen molar-refractivity contribution in [3.63, 3.8) is 0 Å². The third-order valence-corrected chi connectivity index (χ3v) is 4.29. The van der Waals surface area contributed by atoms with Crippen LogP contribution in [0.15, 0.2) is 40.6 Å². The smallest absolute Gasteiger partial charge is 0.225 e. The van der Waals surface area contributed by atoms with Gasteiger partial charge in [-0.15, -0.1) is 0 Å². The molecule has 0 saturated heterocycles. The van der Waals surface area contributed by atoms with E-state index in [1.54, 1.807) is 24.2 Å². The van der Waals surface area contributed by atoms with Crippen molar-refractivity contribution >= 4 is 22.8 Å². The lowest BCUT2D eigenvalue weighted by molar-refractivity contribution is -0.120. The van der Waals surface area contributed by atoms with Crippen LogP contribution in [0.5, 0.6) is 5.75 Å². The number of rotatable bonds is 7. The summed E-state index contributed by atoms with van der Waals surface area (Å²) in [5.41, 5.74) is 1.05. The largest absolute Gasteiger partial charge is 0.492 e. The first kappa shape index (κ1) is 14.9. The van der Waals surface area contributed by atoms with Gasteiger partial charge in [-0.3, -0.25) is 14.8 Å². The van der Waals surface area contributed by atoms with Crippen LogP contribution in [-0.4, -0.2) is 47.2 Å². The molecule has 6 nitrogen and oxygen atoms in total. The van der Waals surface area contributed by atoms with Crippen molar-refractivity contribution in [1.82, 2.24) is 15.2 Å². The second-order valence-corrected chi connectivity index (χ2v) is 5.80. The number of carbonyl (C=O) groups is 1. The molecule has 0 aliphatic carbocycles. The quantitative estimate of drug-likeness (QED) is 0.774. The predicted molar refractivity (Wildman–Crippen MR) is 86.7 cm³/mol. The highest BCUT2D eigenvalue weighted by atomic mass is 32.2. The van der Waals surface area contributed by atoms with Gasteiger partial charge in [0.15, 0.2) is 5.17 Å². The van der Waals surface area contributed by atoms with Gasteiger partial charge in [0.2, 0.25) is 5.91 Å². The maximum Gasteiger partial charge on any atom is 0.225 e. The number of amidine groups is 1. The number of carbonyl (C=O) groups excluding carboxylic acids is 1. The standard InChI is InChI=1S/C15H18N4O2S/c20-14(9-12-11-22-15-18-6-7-19(12)15)17-5-2-8-21-13-3-1-4-16-10-13/h1,3-4,10-11H,2,5-9H2,(H,17,20). The third kappa shape index (κ3) is 3.79. The Bertz CT molecular complexity index is 588. The molecule has 3 heterocycles. The summed E-state index contributed by atoms with van der Waals surface area (Å²) >= 11 is 1.60. The molecular weight excluding hydrogens is 300 g/mol. The number of thioether (sulfide) groups is 1. The number of amides is 1. The highest BCUT2D eigenvalue weighted by Gasteiger charge is 2.27. The summed E-state index contributed by atoms with van der Waals surface area (Å²) in [4.78, 5) is 22.4. The molecule has 0 unspecified atom stereocenters. The summed E-state index contributed by atoms with van der Waals surface area (Å²) in [7, 11) is 0. The molecule has 1 aromatic heterocycles. The van der Waals surface area contributed by atoms with Crippen molar-refractivity contribution in [2.45, 2.75) is 12.8 Å². The van der Waals surface area contributed by atoms with E-state index in [4.69, 9.17) is 4.74 Å². The van der Waals surface area contributed by atoms with E-state index in [0.29, 0.717) is 19.6 Å². The Labute approximate surface area is 133 Å². The van der Waals surface area contributed by atoms with Crippen LogP contribution in [-0.2, 0) is 4.79 Å². The molecule has 116 valence electrons. The summed E-state index contributed by atoms with van der Waals surface area (Å²) in [6, 6.07) is 3.70. The summed E-state index contributed by atoms with van der Waals surface area (Å²) in [6.45, 7) is 2.89. The molecule has 0 radical (unpaired) electrons. The van der Waals surface area contributed by atoms with E-state index in [0.717, 1.165) is 36.1 Å². The van der Waals surface area contributed by atoms with Crippen molar-refractivity contribution in [1.29, 1.82) is 0 Å². The molecule has 0 fully saturated rings. The molecule has 0 aromatic carbocycles. The molecule has 1 N–H and O–H groups in total. The van der Waals surface area contributed by atoms with Gasteiger partial charge in [-0.1, -0.05) is 11.8 Å². The number of aromatic nitrogens is 1. The molecule has 3 rings (SSSR count). The van der Waals surface area contributed by atoms with Gasteiger partial charge in [0, 0.05) is 25.0 Å². The number of fused-ring (bicyclic) bond motifs is 1. The highest BCUT2D eigenvalue weighted by Crippen LogP contribution is 2.30. The SMILES string of the molecule is O=C(CC1=CSC2=NCCN12)NCCCOc1cccnc1. The molecule has 7 heteroatoms. The highest BCUT2D eigenvalue weighted by molar-refractivity contribution is 8.16. The molecule has 0 bridgehead atoms. The first-order valence-corrected chi connectivity index (χ1v) is 8.18. The second kappa shape index (κ2) is 7.31. The molecule has 1 aromatic rings. The van der Waals surface area contributed by atoms with Crippen LogP contribution in [0.3, 0.4) is 0 Å². The zero-order valence-corrected chi connectivity index (χ0v) is 13.0. The van der Waals surface area contributed by atoms with Crippen molar-refractivity contribution in [2.24, 2.45) is 4.99 Å². The third-order valence-electron chi connectivity index (χ3n) is 3.34. The monoisotopic (exact) mass is 318 g/mol. The zero-order chi connectivity index (χ0) is 15.2. The minimum Gasteiger partial charge on any atom is -0.492 e. The van der Waals surface area contributed by atoms with Crippen LogP contribution >= 0.6 is 11.8 Å². The second-order valence-electron chi connectivity index (χ2n) is 4.96. The van der Waals surface area contributed by atoms with E-state index < -0.39 is 0 Å². The summed E-state index contributed by atoms with van der Waals surface area (Å²) < 4.78 is 5.53. The average molecular weight is 318 g/mol. The van der Waals surface area contributed by atoms with Crippen LogP contribution in [0.2, 0.25) is 0 Å². The zero-order valence-electron chi connectivity index (χ0n) is 12.2. The van der Waals surface area contributed by atoms with Crippen LogP contribution in [0.4, 0.5) is 0 Å².